The summed E-state index contributed by atoms with van der Waals surface area (Å²) in [4.78, 5) is 12.4. The number of nitro groups is 1. The third-order valence-corrected chi connectivity index (χ3v) is 0.820. The van der Waals surface area contributed by atoms with E-state index in [4.69, 9.17) is 11.6 Å². The minimum atomic E-state index is -0.709. The molecule has 0 atom stereocenters. The van der Waals surface area contributed by atoms with Gasteiger partial charge in [-0.25, -0.2) is 0 Å². The van der Waals surface area contributed by atoms with Gasteiger partial charge in [-0.2, -0.15) is 4.98 Å². The van der Waals surface area contributed by atoms with Crippen LogP contribution in [0, 0.1) is 10.1 Å². The van der Waals surface area contributed by atoms with Gasteiger partial charge in [-0.15, -0.1) is 0 Å². The van der Waals surface area contributed by atoms with Gasteiger partial charge in [0.2, 0.25) is 0 Å². The monoisotopic (exact) mass is 148 g/mol. The highest BCUT2D eigenvalue weighted by atomic mass is 35.5. The summed E-state index contributed by atoms with van der Waals surface area (Å²) in [5.41, 5.74) is 0. The molecular weight excluding hydrogens is 147 g/mol. The van der Waals surface area contributed by atoms with Crippen molar-refractivity contribution in [3.8, 4) is 0 Å². The average molecular weight is 149 g/mol. The van der Waals surface area contributed by atoms with E-state index in [9.17, 15) is 10.1 Å². The van der Waals surface area contributed by atoms with Crippen molar-refractivity contribution in [2.45, 2.75) is 0 Å². The molecule has 0 unspecified atom stereocenters. The first-order valence-electron chi connectivity index (χ1n) is 1.96. The third-order valence-electron chi connectivity index (χ3n) is 0.645. The smallest absolute Gasteiger partial charge is 0.370 e. The molecule has 0 radical (unpaired) electrons. The maximum absolute atomic E-state index is 9.83. The van der Waals surface area contributed by atoms with E-state index in [2.05, 4.69) is 9.40 Å². The van der Waals surface area contributed by atoms with Crippen LogP contribution in [0.3, 0.4) is 0 Å². The summed E-state index contributed by atoms with van der Waals surface area (Å²) in [5, 5.41) is 9.61. The largest absolute Gasteiger partial charge is 0.454 e. The molecule has 0 saturated heterocycles. The molecular formula is C3HClN2O3. The lowest BCUT2D eigenvalue weighted by Crippen LogP contribution is -1.82. The first-order chi connectivity index (χ1) is 4.20. The fraction of sp³-hybridized carbons (Fsp3) is 0. The average Bonchev–Trinajstić information content (AvgIpc) is 2.14. The van der Waals surface area contributed by atoms with Gasteiger partial charge in [-0.05, 0) is 11.6 Å². The highest BCUT2D eigenvalue weighted by Crippen LogP contribution is 2.14. The predicted octanol–water partition coefficient (Wildman–Crippen LogP) is 1.24. The van der Waals surface area contributed by atoms with Crippen LogP contribution in [0.25, 0.3) is 0 Å². The Morgan fingerprint density at radius 3 is 2.78 bits per heavy atom. The zero-order valence-electron chi connectivity index (χ0n) is 4.07. The van der Waals surface area contributed by atoms with Crippen molar-refractivity contribution in [1.29, 1.82) is 0 Å². The maximum atomic E-state index is 9.83. The fourth-order valence-corrected chi connectivity index (χ4v) is 0.457. The molecule has 0 bridgehead atoms. The second-order valence-electron chi connectivity index (χ2n) is 1.21. The molecule has 0 aromatic carbocycles. The van der Waals surface area contributed by atoms with Gasteiger partial charge in [0, 0.05) is 0 Å². The number of aromatic nitrogens is 1. The minimum Gasteiger partial charge on any atom is -0.370 e. The second-order valence-corrected chi connectivity index (χ2v) is 1.53. The number of nitrogens with zero attached hydrogens (tertiary/aromatic N) is 2. The molecule has 0 N–H and O–H groups in total. The second kappa shape index (κ2) is 2.02. The lowest BCUT2D eigenvalue weighted by atomic mass is 10.8. The van der Waals surface area contributed by atoms with E-state index in [0.717, 1.165) is 6.20 Å². The summed E-state index contributed by atoms with van der Waals surface area (Å²) in [6.45, 7) is 0. The molecule has 48 valence electrons. The van der Waals surface area contributed by atoms with Gasteiger partial charge in [0.15, 0.2) is 6.20 Å². The van der Waals surface area contributed by atoms with Crippen molar-refractivity contribution in [3.05, 3.63) is 21.7 Å². The van der Waals surface area contributed by atoms with E-state index in [1.165, 1.54) is 0 Å². The number of rotatable bonds is 1. The molecule has 0 aliphatic rings. The Hall–Kier alpha value is -1.10. The van der Waals surface area contributed by atoms with E-state index < -0.39 is 10.8 Å². The van der Waals surface area contributed by atoms with Gasteiger partial charge in [-0.1, -0.05) is 0 Å². The van der Waals surface area contributed by atoms with E-state index in [1.54, 1.807) is 0 Å². The van der Waals surface area contributed by atoms with Crippen LogP contribution in [0.4, 0.5) is 5.88 Å². The number of hydrogen-bond acceptors (Lipinski definition) is 4. The molecule has 1 heterocycles. The topological polar surface area (TPSA) is 69.2 Å². The van der Waals surface area contributed by atoms with Gasteiger partial charge in [-0.3, -0.25) is 10.1 Å². The molecule has 6 heteroatoms. The summed E-state index contributed by atoms with van der Waals surface area (Å²) in [6, 6.07) is 0. The number of hydrogen-bond donors (Lipinski definition) is 0. The molecule has 1 aromatic rings. The Balaban J connectivity index is 2.98. The summed E-state index contributed by atoms with van der Waals surface area (Å²) < 4.78 is 4.30. The lowest BCUT2D eigenvalue weighted by molar-refractivity contribution is -0.402. The van der Waals surface area contributed by atoms with Crippen molar-refractivity contribution in [2.24, 2.45) is 0 Å². The molecule has 1 aromatic heterocycles. The summed E-state index contributed by atoms with van der Waals surface area (Å²) >= 11 is 5.12. The molecule has 0 spiro atoms. The fourth-order valence-electron chi connectivity index (χ4n) is 0.329. The van der Waals surface area contributed by atoms with Gasteiger partial charge in [0.25, 0.3) is 5.35 Å². The van der Waals surface area contributed by atoms with Crippen LogP contribution in [-0.4, -0.2) is 9.91 Å². The van der Waals surface area contributed by atoms with Gasteiger partial charge < -0.3 is 4.42 Å². The predicted molar refractivity (Wildman–Crippen MR) is 28.2 cm³/mol. The number of halogens is 1. The Morgan fingerprint density at radius 2 is 2.56 bits per heavy atom. The molecule has 9 heavy (non-hydrogen) atoms. The van der Waals surface area contributed by atoms with Crippen molar-refractivity contribution in [3.63, 3.8) is 0 Å². The van der Waals surface area contributed by atoms with Crippen LogP contribution in [0.2, 0.25) is 5.35 Å². The van der Waals surface area contributed by atoms with Crippen LogP contribution in [0.5, 0.6) is 0 Å². The van der Waals surface area contributed by atoms with E-state index in [1.807, 2.05) is 0 Å². The highest BCUT2D eigenvalue weighted by Gasteiger charge is 2.10. The van der Waals surface area contributed by atoms with Crippen LogP contribution >= 0.6 is 11.6 Å². The Kier molecular flexibility index (Phi) is 1.35. The van der Waals surface area contributed by atoms with Crippen molar-refractivity contribution < 1.29 is 9.34 Å². The molecule has 0 amide bonds. The van der Waals surface area contributed by atoms with Crippen LogP contribution in [-0.2, 0) is 0 Å². The molecule has 0 fully saturated rings. The van der Waals surface area contributed by atoms with Crippen LogP contribution < -0.4 is 0 Å². The number of oxazole rings is 1. The summed E-state index contributed by atoms with van der Waals surface area (Å²) in [5.74, 6) is -0.444. The Morgan fingerprint density at radius 1 is 1.89 bits per heavy atom. The SMILES string of the molecule is O=[N+]([O-])c1cnc(Cl)o1. The molecule has 0 aliphatic heterocycles. The van der Waals surface area contributed by atoms with Crippen molar-refractivity contribution in [1.82, 2.24) is 4.98 Å². The van der Waals surface area contributed by atoms with E-state index in [-0.39, 0.29) is 5.35 Å². The molecule has 0 saturated carbocycles. The minimum absolute atomic E-state index is 0.221. The van der Waals surface area contributed by atoms with E-state index >= 15 is 0 Å². The normalized spacial score (nSPS) is 9.44. The van der Waals surface area contributed by atoms with Gasteiger partial charge in [0.1, 0.15) is 4.92 Å². The zero-order valence-corrected chi connectivity index (χ0v) is 4.83. The first-order valence-corrected chi connectivity index (χ1v) is 2.33. The molecule has 1 rings (SSSR count). The standard InChI is InChI=1S/C3HClN2O3/c4-3-5-1-2(9-3)6(7)8/h1H. The summed E-state index contributed by atoms with van der Waals surface area (Å²) in [7, 11) is 0. The van der Waals surface area contributed by atoms with Crippen molar-refractivity contribution >= 4 is 17.5 Å². The van der Waals surface area contributed by atoms with Crippen molar-refractivity contribution in [2.75, 3.05) is 0 Å². The van der Waals surface area contributed by atoms with Crippen LogP contribution in [0.1, 0.15) is 0 Å². The highest BCUT2D eigenvalue weighted by molar-refractivity contribution is 6.27. The summed E-state index contributed by atoms with van der Waals surface area (Å²) in [6.07, 6.45) is 0.947. The Bertz CT molecular complexity index is 233. The third kappa shape index (κ3) is 1.17. The quantitative estimate of drug-likeness (QED) is 0.444. The van der Waals surface area contributed by atoms with E-state index in [0.29, 0.717) is 0 Å². The Labute approximate surface area is 54.4 Å². The zero-order chi connectivity index (χ0) is 6.85. The van der Waals surface area contributed by atoms with Gasteiger partial charge >= 0.3 is 5.88 Å². The molecule has 0 aliphatic carbocycles. The van der Waals surface area contributed by atoms with Gasteiger partial charge in [0.05, 0.1) is 0 Å². The van der Waals surface area contributed by atoms with Crippen LogP contribution in [0.15, 0.2) is 10.6 Å². The first kappa shape index (κ1) is 6.03. The molecule has 5 nitrogen and oxygen atoms in total. The maximum Gasteiger partial charge on any atom is 0.454 e. The lowest BCUT2D eigenvalue weighted by Gasteiger charge is -1.76.